The highest BCUT2D eigenvalue weighted by Crippen LogP contribution is 2.28. The van der Waals surface area contributed by atoms with Gasteiger partial charge in [0, 0.05) is 13.0 Å². The predicted molar refractivity (Wildman–Crippen MR) is 101 cm³/mol. The molecule has 1 amide bonds. The van der Waals surface area contributed by atoms with Crippen LogP contribution in [0.1, 0.15) is 27.2 Å². The number of aromatic nitrogens is 2. The Kier molecular flexibility index (Phi) is 6.54. The number of rotatable bonds is 8. The summed E-state index contributed by atoms with van der Waals surface area (Å²) in [5.74, 6) is 0.604. The summed E-state index contributed by atoms with van der Waals surface area (Å²) < 4.78 is 31.9. The van der Waals surface area contributed by atoms with E-state index in [9.17, 15) is 13.2 Å². The lowest BCUT2D eigenvalue weighted by molar-refractivity contribution is -0.116. The van der Waals surface area contributed by atoms with Crippen molar-refractivity contribution in [2.75, 3.05) is 23.3 Å². The third-order valence-corrected chi connectivity index (χ3v) is 6.49. The monoisotopic (exact) mass is 398 g/mol. The molecule has 1 aromatic carbocycles. The van der Waals surface area contributed by atoms with E-state index in [0.717, 1.165) is 11.3 Å². The van der Waals surface area contributed by atoms with Gasteiger partial charge in [-0.15, -0.1) is 10.2 Å². The SMILES string of the molecule is CCN(c1ccc(OC)cc1)S(=O)(=O)c1nnc(NC(=O)CC(C)C)s1. The van der Waals surface area contributed by atoms with Crippen molar-refractivity contribution in [2.45, 2.75) is 31.5 Å². The molecule has 0 spiro atoms. The highest BCUT2D eigenvalue weighted by Gasteiger charge is 2.28. The number of benzene rings is 1. The number of methoxy groups -OCH3 is 1. The lowest BCUT2D eigenvalue weighted by Crippen LogP contribution is -2.30. The van der Waals surface area contributed by atoms with E-state index >= 15 is 0 Å². The molecule has 1 heterocycles. The summed E-state index contributed by atoms with van der Waals surface area (Å²) in [4.78, 5) is 11.8. The zero-order valence-corrected chi connectivity index (χ0v) is 16.7. The first kappa shape index (κ1) is 20.1. The van der Waals surface area contributed by atoms with Crippen molar-refractivity contribution in [3.63, 3.8) is 0 Å². The van der Waals surface area contributed by atoms with Crippen LogP contribution in [0.5, 0.6) is 5.75 Å². The number of nitrogens with zero attached hydrogens (tertiary/aromatic N) is 3. The first-order valence-corrected chi connectivity index (χ1v) is 10.3. The minimum Gasteiger partial charge on any atom is -0.497 e. The lowest BCUT2D eigenvalue weighted by atomic mass is 10.1. The van der Waals surface area contributed by atoms with Gasteiger partial charge in [-0.25, -0.2) is 0 Å². The minimum absolute atomic E-state index is 0.167. The van der Waals surface area contributed by atoms with E-state index < -0.39 is 10.0 Å². The smallest absolute Gasteiger partial charge is 0.293 e. The summed E-state index contributed by atoms with van der Waals surface area (Å²) in [7, 11) is -2.33. The van der Waals surface area contributed by atoms with E-state index in [-0.39, 0.29) is 27.8 Å². The molecule has 0 saturated carbocycles. The van der Waals surface area contributed by atoms with Crippen molar-refractivity contribution in [3.8, 4) is 5.75 Å². The Morgan fingerprint density at radius 1 is 1.27 bits per heavy atom. The van der Waals surface area contributed by atoms with E-state index in [1.54, 1.807) is 38.3 Å². The molecule has 10 heteroatoms. The fraction of sp³-hybridized carbons (Fsp3) is 0.438. The molecule has 0 fully saturated rings. The Balaban J connectivity index is 2.23. The number of carbonyl (C=O) groups excluding carboxylic acids is 1. The summed E-state index contributed by atoms with van der Waals surface area (Å²) in [6.07, 6.45) is 0.328. The Morgan fingerprint density at radius 2 is 1.92 bits per heavy atom. The van der Waals surface area contributed by atoms with Crippen LogP contribution < -0.4 is 14.4 Å². The van der Waals surface area contributed by atoms with Crippen molar-refractivity contribution in [1.82, 2.24) is 10.2 Å². The maximum Gasteiger partial charge on any atom is 0.293 e. The Bertz CT molecular complexity index is 847. The molecule has 1 aromatic heterocycles. The summed E-state index contributed by atoms with van der Waals surface area (Å²) in [5.41, 5.74) is 0.494. The maximum atomic E-state index is 12.9. The predicted octanol–water partition coefficient (Wildman–Crippen LogP) is 2.75. The number of sulfonamides is 1. The molecule has 0 unspecified atom stereocenters. The number of anilines is 2. The van der Waals surface area contributed by atoms with Crippen molar-refractivity contribution in [1.29, 1.82) is 0 Å². The number of nitrogens with one attached hydrogen (secondary N) is 1. The first-order chi connectivity index (χ1) is 12.3. The molecule has 1 N–H and O–H groups in total. The van der Waals surface area contributed by atoms with Gasteiger partial charge in [0.1, 0.15) is 5.75 Å². The molecule has 8 nitrogen and oxygen atoms in total. The molecule has 2 aromatic rings. The van der Waals surface area contributed by atoms with Crippen LogP contribution in [0.3, 0.4) is 0 Å². The number of hydrogen-bond donors (Lipinski definition) is 1. The van der Waals surface area contributed by atoms with Gasteiger partial charge >= 0.3 is 0 Å². The maximum absolute atomic E-state index is 12.9. The van der Waals surface area contributed by atoms with Crippen LogP contribution in [0.15, 0.2) is 28.6 Å². The minimum atomic E-state index is -3.88. The standard InChI is InChI=1S/C16H22N4O4S2/c1-5-20(12-6-8-13(24-4)9-7-12)26(22,23)16-19-18-15(25-16)17-14(21)10-11(2)3/h6-9,11H,5,10H2,1-4H3,(H,17,18,21). The fourth-order valence-electron chi connectivity index (χ4n) is 2.24. The molecule has 0 aliphatic carbocycles. The Morgan fingerprint density at radius 3 is 2.46 bits per heavy atom. The van der Waals surface area contributed by atoms with E-state index in [1.807, 2.05) is 13.8 Å². The van der Waals surface area contributed by atoms with Crippen LogP contribution in [0.25, 0.3) is 0 Å². The molecule has 0 bridgehead atoms. The fourth-order valence-corrected chi connectivity index (χ4v) is 4.73. The topological polar surface area (TPSA) is 101 Å². The molecule has 0 aliphatic rings. The van der Waals surface area contributed by atoms with Crippen molar-refractivity contribution in [3.05, 3.63) is 24.3 Å². The van der Waals surface area contributed by atoms with Crippen LogP contribution >= 0.6 is 11.3 Å². The third-order valence-electron chi connectivity index (χ3n) is 3.40. The summed E-state index contributed by atoms with van der Waals surface area (Å²) in [6.45, 7) is 5.80. The van der Waals surface area contributed by atoms with Gasteiger partial charge in [-0.05, 0) is 37.1 Å². The number of amides is 1. The van der Waals surface area contributed by atoms with Gasteiger partial charge < -0.3 is 10.1 Å². The van der Waals surface area contributed by atoms with E-state index in [0.29, 0.717) is 17.9 Å². The van der Waals surface area contributed by atoms with Gasteiger partial charge in [-0.3, -0.25) is 9.10 Å². The molecular weight excluding hydrogens is 376 g/mol. The molecular formula is C16H22N4O4S2. The molecule has 26 heavy (non-hydrogen) atoms. The molecule has 0 atom stereocenters. The average Bonchev–Trinajstić information content (AvgIpc) is 3.04. The highest BCUT2D eigenvalue weighted by molar-refractivity contribution is 7.94. The molecule has 2 rings (SSSR count). The van der Waals surface area contributed by atoms with Crippen molar-refractivity contribution in [2.24, 2.45) is 5.92 Å². The summed E-state index contributed by atoms with van der Waals surface area (Å²) in [6, 6.07) is 6.69. The number of ether oxygens (including phenoxy) is 1. The first-order valence-electron chi connectivity index (χ1n) is 8.08. The van der Waals surface area contributed by atoms with Gasteiger partial charge in [0.2, 0.25) is 11.0 Å². The number of carbonyl (C=O) groups is 1. The normalized spacial score (nSPS) is 11.4. The number of hydrogen-bond acceptors (Lipinski definition) is 7. The van der Waals surface area contributed by atoms with E-state index in [4.69, 9.17) is 4.74 Å². The van der Waals surface area contributed by atoms with Gasteiger partial charge in [0.05, 0.1) is 12.8 Å². The van der Waals surface area contributed by atoms with Gasteiger partial charge in [-0.2, -0.15) is 8.42 Å². The molecule has 0 radical (unpaired) electrons. The Hall–Kier alpha value is -2.20. The Labute approximate surface area is 157 Å². The zero-order chi connectivity index (χ0) is 19.3. The second-order valence-electron chi connectivity index (χ2n) is 5.89. The molecule has 142 valence electrons. The third kappa shape index (κ3) is 4.70. The lowest BCUT2D eigenvalue weighted by Gasteiger charge is -2.21. The van der Waals surface area contributed by atoms with Gasteiger partial charge in [0.25, 0.3) is 14.4 Å². The van der Waals surface area contributed by atoms with Crippen LogP contribution in [0.4, 0.5) is 10.8 Å². The van der Waals surface area contributed by atoms with Crippen LogP contribution in [-0.4, -0.2) is 38.2 Å². The second-order valence-corrected chi connectivity index (χ2v) is 8.90. The van der Waals surface area contributed by atoms with Crippen LogP contribution in [-0.2, 0) is 14.8 Å². The van der Waals surface area contributed by atoms with Crippen molar-refractivity contribution >= 4 is 38.1 Å². The molecule has 0 aliphatic heterocycles. The summed E-state index contributed by atoms with van der Waals surface area (Å²) >= 11 is 0.833. The van der Waals surface area contributed by atoms with E-state index in [1.165, 1.54) is 4.31 Å². The zero-order valence-electron chi connectivity index (χ0n) is 15.1. The largest absolute Gasteiger partial charge is 0.497 e. The van der Waals surface area contributed by atoms with Gasteiger partial charge in [0.15, 0.2) is 0 Å². The van der Waals surface area contributed by atoms with Gasteiger partial charge in [-0.1, -0.05) is 25.2 Å². The average molecular weight is 399 g/mol. The second kappa shape index (κ2) is 8.45. The van der Waals surface area contributed by atoms with Crippen LogP contribution in [0, 0.1) is 5.92 Å². The molecule has 0 saturated heterocycles. The highest BCUT2D eigenvalue weighted by atomic mass is 32.2. The quantitative estimate of drug-likeness (QED) is 0.686. The van der Waals surface area contributed by atoms with E-state index in [2.05, 4.69) is 15.5 Å². The van der Waals surface area contributed by atoms with Crippen LogP contribution in [0.2, 0.25) is 0 Å². The summed E-state index contributed by atoms with van der Waals surface area (Å²) in [5, 5.41) is 10.3. The van der Waals surface area contributed by atoms with Crippen molar-refractivity contribution < 1.29 is 17.9 Å².